The first kappa shape index (κ1) is 19.3. The third kappa shape index (κ3) is 3.90. The average Bonchev–Trinajstić information content (AvgIpc) is 3.39. The van der Waals surface area contributed by atoms with E-state index in [1.807, 2.05) is 0 Å². The standard InChI is InChI=1S/C23H30N4S/c1-6-7-10-24-22-27-26-21(28-22)19-11-14(2)17-12-16(15-8-9-15)13-18(20(17)25-19)23(3,4)5/h11-13,15H,6-10H2,1-5H3,(H,24,27). The molecule has 0 spiro atoms. The number of unbranched alkanes of at least 4 members (excludes halogenated alkanes) is 1. The highest BCUT2D eigenvalue weighted by Gasteiger charge is 2.28. The molecule has 4 nitrogen and oxygen atoms in total. The second-order valence-electron chi connectivity index (χ2n) is 9.01. The van der Waals surface area contributed by atoms with Crippen LogP contribution in [0.4, 0.5) is 5.13 Å². The fourth-order valence-corrected chi connectivity index (χ4v) is 4.35. The Balaban J connectivity index is 1.78. The molecule has 4 rings (SSSR count). The number of anilines is 1. The molecule has 0 atom stereocenters. The van der Waals surface area contributed by atoms with E-state index >= 15 is 0 Å². The summed E-state index contributed by atoms with van der Waals surface area (Å²) in [7, 11) is 0. The van der Waals surface area contributed by atoms with Crippen molar-refractivity contribution in [2.75, 3.05) is 11.9 Å². The molecule has 0 amide bonds. The summed E-state index contributed by atoms with van der Waals surface area (Å²) >= 11 is 1.59. The number of pyridine rings is 1. The van der Waals surface area contributed by atoms with Crippen LogP contribution in [0, 0.1) is 6.92 Å². The second-order valence-corrected chi connectivity index (χ2v) is 9.98. The van der Waals surface area contributed by atoms with E-state index in [-0.39, 0.29) is 5.41 Å². The lowest BCUT2D eigenvalue weighted by Crippen LogP contribution is -2.13. The van der Waals surface area contributed by atoms with Crippen LogP contribution in [0.3, 0.4) is 0 Å². The molecule has 0 bridgehead atoms. The Kier molecular flexibility index (Phi) is 5.13. The van der Waals surface area contributed by atoms with Gasteiger partial charge in [0.1, 0.15) is 5.69 Å². The zero-order valence-corrected chi connectivity index (χ0v) is 18.4. The Labute approximate surface area is 171 Å². The van der Waals surface area contributed by atoms with E-state index in [1.54, 1.807) is 11.3 Å². The summed E-state index contributed by atoms with van der Waals surface area (Å²) in [6, 6.07) is 6.93. The van der Waals surface area contributed by atoms with Crippen molar-refractivity contribution in [3.05, 3.63) is 34.9 Å². The summed E-state index contributed by atoms with van der Waals surface area (Å²) in [4.78, 5) is 5.08. The molecule has 28 heavy (non-hydrogen) atoms. The summed E-state index contributed by atoms with van der Waals surface area (Å²) in [6.07, 6.45) is 4.94. The van der Waals surface area contributed by atoms with Crippen LogP contribution in [0.2, 0.25) is 0 Å². The number of nitrogens with zero attached hydrogens (tertiary/aromatic N) is 3. The first-order valence-electron chi connectivity index (χ1n) is 10.4. The first-order chi connectivity index (χ1) is 13.4. The minimum absolute atomic E-state index is 0.0508. The minimum atomic E-state index is 0.0508. The van der Waals surface area contributed by atoms with Crippen molar-refractivity contribution >= 4 is 27.4 Å². The Morgan fingerprint density at radius 2 is 1.93 bits per heavy atom. The van der Waals surface area contributed by atoms with Crippen LogP contribution >= 0.6 is 11.3 Å². The van der Waals surface area contributed by atoms with Crippen LogP contribution in [0.15, 0.2) is 18.2 Å². The van der Waals surface area contributed by atoms with Gasteiger partial charge >= 0.3 is 0 Å². The van der Waals surface area contributed by atoms with Gasteiger partial charge in [0.2, 0.25) is 5.13 Å². The highest BCUT2D eigenvalue weighted by atomic mass is 32.1. The van der Waals surface area contributed by atoms with E-state index < -0.39 is 0 Å². The van der Waals surface area contributed by atoms with Gasteiger partial charge in [0.25, 0.3) is 0 Å². The SMILES string of the molecule is CCCCNc1nnc(-c2cc(C)c3cc(C4CC4)cc(C(C)(C)C)c3n2)s1. The molecule has 1 aromatic carbocycles. The zero-order chi connectivity index (χ0) is 19.9. The maximum Gasteiger partial charge on any atom is 0.206 e. The summed E-state index contributed by atoms with van der Waals surface area (Å²) in [5.41, 5.74) is 6.17. The van der Waals surface area contributed by atoms with E-state index in [0.29, 0.717) is 0 Å². The molecule has 0 saturated heterocycles. The molecule has 0 unspecified atom stereocenters. The smallest absolute Gasteiger partial charge is 0.206 e. The molecule has 148 valence electrons. The average molecular weight is 395 g/mol. The molecule has 5 heteroatoms. The van der Waals surface area contributed by atoms with Crippen molar-refractivity contribution in [1.82, 2.24) is 15.2 Å². The van der Waals surface area contributed by atoms with Gasteiger partial charge in [-0.15, -0.1) is 10.2 Å². The van der Waals surface area contributed by atoms with Gasteiger partial charge in [-0.1, -0.05) is 51.5 Å². The molecule has 1 fully saturated rings. The van der Waals surface area contributed by atoms with Crippen LogP contribution in [0.1, 0.15) is 76.0 Å². The highest BCUT2D eigenvalue weighted by molar-refractivity contribution is 7.18. The van der Waals surface area contributed by atoms with Gasteiger partial charge in [-0.05, 0) is 66.3 Å². The number of rotatable bonds is 6. The lowest BCUT2D eigenvalue weighted by molar-refractivity contribution is 0.594. The number of hydrogen-bond acceptors (Lipinski definition) is 5. The fourth-order valence-electron chi connectivity index (χ4n) is 3.62. The number of fused-ring (bicyclic) bond motifs is 1. The largest absolute Gasteiger partial charge is 0.360 e. The van der Waals surface area contributed by atoms with Crippen molar-refractivity contribution in [2.45, 2.75) is 71.6 Å². The maximum atomic E-state index is 5.08. The molecule has 3 aromatic rings. The number of hydrogen-bond donors (Lipinski definition) is 1. The van der Waals surface area contributed by atoms with E-state index in [9.17, 15) is 0 Å². The molecule has 0 radical (unpaired) electrons. The van der Waals surface area contributed by atoms with Gasteiger partial charge < -0.3 is 5.32 Å². The Bertz CT molecular complexity index is 996. The van der Waals surface area contributed by atoms with Crippen molar-refractivity contribution in [1.29, 1.82) is 0 Å². The van der Waals surface area contributed by atoms with Crippen molar-refractivity contribution < 1.29 is 0 Å². The number of aryl methyl sites for hydroxylation is 1. The molecule has 1 aliphatic rings. The Morgan fingerprint density at radius 1 is 1.14 bits per heavy atom. The van der Waals surface area contributed by atoms with Crippen LogP contribution in [-0.2, 0) is 5.41 Å². The summed E-state index contributed by atoms with van der Waals surface area (Å²) < 4.78 is 0. The van der Waals surface area contributed by atoms with E-state index in [2.05, 4.69) is 68.3 Å². The highest BCUT2D eigenvalue weighted by Crippen LogP contribution is 2.44. The lowest BCUT2D eigenvalue weighted by Gasteiger charge is -2.23. The van der Waals surface area contributed by atoms with Gasteiger partial charge in [0, 0.05) is 11.9 Å². The van der Waals surface area contributed by atoms with E-state index in [0.717, 1.165) is 40.2 Å². The topological polar surface area (TPSA) is 50.7 Å². The maximum absolute atomic E-state index is 5.08. The predicted molar refractivity (Wildman–Crippen MR) is 119 cm³/mol. The normalized spacial score (nSPS) is 14.6. The van der Waals surface area contributed by atoms with Crippen molar-refractivity contribution in [3.63, 3.8) is 0 Å². The molecule has 1 N–H and O–H groups in total. The monoisotopic (exact) mass is 394 g/mol. The quantitative estimate of drug-likeness (QED) is 0.488. The Hall–Kier alpha value is -2.01. The van der Waals surface area contributed by atoms with Gasteiger partial charge in [-0.3, -0.25) is 0 Å². The first-order valence-corrected chi connectivity index (χ1v) is 11.2. The van der Waals surface area contributed by atoms with Crippen LogP contribution in [-0.4, -0.2) is 21.7 Å². The van der Waals surface area contributed by atoms with Crippen molar-refractivity contribution in [3.8, 4) is 10.7 Å². The van der Waals surface area contributed by atoms with Gasteiger partial charge in [0.15, 0.2) is 5.01 Å². The predicted octanol–water partition coefficient (Wildman–Crippen LogP) is 6.45. The lowest BCUT2D eigenvalue weighted by atomic mass is 9.83. The molecular weight excluding hydrogens is 364 g/mol. The molecule has 2 heterocycles. The van der Waals surface area contributed by atoms with Gasteiger partial charge in [-0.25, -0.2) is 4.98 Å². The van der Waals surface area contributed by atoms with Crippen LogP contribution in [0.5, 0.6) is 0 Å². The summed E-state index contributed by atoms with van der Waals surface area (Å²) in [5.74, 6) is 0.740. The zero-order valence-electron chi connectivity index (χ0n) is 17.6. The molecule has 1 aliphatic carbocycles. The van der Waals surface area contributed by atoms with Crippen molar-refractivity contribution in [2.24, 2.45) is 0 Å². The second kappa shape index (κ2) is 7.43. The number of aromatic nitrogens is 3. The molecule has 1 saturated carbocycles. The van der Waals surface area contributed by atoms with Gasteiger partial charge in [0.05, 0.1) is 5.52 Å². The summed E-state index contributed by atoms with van der Waals surface area (Å²) in [6.45, 7) is 12.2. The fraction of sp³-hybridized carbons (Fsp3) is 0.522. The van der Waals surface area contributed by atoms with Crippen LogP contribution < -0.4 is 5.32 Å². The molecular formula is C23H30N4S. The Morgan fingerprint density at radius 3 is 2.61 bits per heavy atom. The summed E-state index contributed by atoms with van der Waals surface area (Å²) in [5, 5.41) is 15.1. The van der Waals surface area contributed by atoms with E-state index in [1.165, 1.54) is 41.3 Å². The number of benzene rings is 1. The minimum Gasteiger partial charge on any atom is -0.360 e. The van der Waals surface area contributed by atoms with Gasteiger partial charge in [-0.2, -0.15) is 0 Å². The van der Waals surface area contributed by atoms with E-state index in [4.69, 9.17) is 4.98 Å². The molecule has 0 aliphatic heterocycles. The third-order valence-electron chi connectivity index (χ3n) is 5.45. The molecule has 2 aromatic heterocycles. The number of nitrogens with one attached hydrogen (secondary N) is 1. The third-order valence-corrected chi connectivity index (χ3v) is 6.35. The van der Waals surface area contributed by atoms with Crippen LogP contribution in [0.25, 0.3) is 21.6 Å².